The first-order chi connectivity index (χ1) is 9.51. The van der Waals surface area contributed by atoms with E-state index in [0.29, 0.717) is 12.4 Å². The van der Waals surface area contributed by atoms with Crippen LogP contribution in [0, 0.1) is 0 Å². The molecule has 0 aliphatic heterocycles. The van der Waals surface area contributed by atoms with E-state index in [1.165, 1.54) is 6.33 Å². The highest BCUT2D eigenvalue weighted by molar-refractivity contribution is 5.84. The van der Waals surface area contributed by atoms with Gasteiger partial charge in [-0.05, 0) is 26.7 Å². The number of amides is 1. The Labute approximate surface area is 120 Å². The lowest BCUT2D eigenvalue weighted by Crippen LogP contribution is -2.37. The van der Waals surface area contributed by atoms with Crippen molar-refractivity contribution in [3.05, 3.63) is 11.9 Å². The zero-order valence-corrected chi connectivity index (χ0v) is 12.9. The molecule has 1 rings (SSSR count). The molecule has 1 unspecified atom stereocenters. The van der Waals surface area contributed by atoms with E-state index in [1.807, 2.05) is 20.8 Å². The van der Waals surface area contributed by atoms with Crippen molar-refractivity contribution < 1.29 is 4.79 Å². The molecule has 20 heavy (non-hydrogen) atoms. The molecular formula is C14H25N5O. The minimum absolute atomic E-state index is 0.0363. The molecule has 1 amide bonds. The fourth-order valence-corrected chi connectivity index (χ4v) is 1.96. The average Bonchev–Trinajstić information content (AvgIpc) is 2.39. The van der Waals surface area contributed by atoms with E-state index in [4.69, 9.17) is 0 Å². The third-order valence-electron chi connectivity index (χ3n) is 2.90. The summed E-state index contributed by atoms with van der Waals surface area (Å²) >= 11 is 0. The summed E-state index contributed by atoms with van der Waals surface area (Å²) in [7, 11) is 0. The maximum Gasteiger partial charge on any atom is 0.242 e. The molecule has 0 aromatic carbocycles. The number of anilines is 2. The normalized spacial score (nSPS) is 12.1. The molecule has 0 bridgehead atoms. The van der Waals surface area contributed by atoms with E-state index >= 15 is 0 Å². The van der Waals surface area contributed by atoms with Gasteiger partial charge in [0.15, 0.2) is 0 Å². The third-order valence-corrected chi connectivity index (χ3v) is 2.90. The summed E-state index contributed by atoms with van der Waals surface area (Å²) in [6.07, 6.45) is 1.51. The van der Waals surface area contributed by atoms with Crippen LogP contribution in [-0.2, 0) is 4.79 Å². The van der Waals surface area contributed by atoms with Crippen LogP contribution in [0.15, 0.2) is 6.33 Å². The number of hydrogen-bond acceptors (Lipinski definition) is 5. The summed E-state index contributed by atoms with van der Waals surface area (Å²) in [5.74, 6) is 1.76. The molecule has 6 nitrogen and oxygen atoms in total. The summed E-state index contributed by atoms with van der Waals surface area (Å²) in [4.78, 5) is 20.4. The lowest BCUT2D eigenvalue weighted by molar-refractivity contribution is -0.121. The first-order valence-corrected chi connectivity index (χ1v) is 7.14. The van der Waals surface area contributed by atoms with Crippen molar-refractivity contribution in [2.45, 2.75) is 46.6 Å². The van der Waals surface area contributed by atoms with Crippen molar-refractivity contribution in [2.24, 2.45) is 0 Å². The summed E-state index contributed by atoms with van der Waals surface area (Å²) in [5.41, 5.74) is 1.01. The fourth-order valence-electron chi connectivity index (χ4n) is 1.96. The van der Waals surface area contributed by atoms with Crippen LogP contribution in [0.3, 0.4) is 0 Å². The molecule has 0 spiro atoms. The van der Waals surface area contributed by atoms with Gasteiger partial charge in [0.05, 0.1) is 0 Å². The Morgan fingerprint density at radius 1 is 1.15 bits per heavy atom. The number of rotatable bonds is 7. The van der Waals surface area contributed by atoms with Gasteiger partial charge in [0.1, 0.15) is 24.0 Å². The molecule has 6 heteroatoms. The molecule has 1 heterocycles. The first kappa shape index (κ1) is 16.2. The largest absolute Gasteiger partial charge is 0.370 e. The molecule has 0 aliphatic rings. The smallest absolute Gasteiger partial charge is 0.242 e. The quantitative estimate of drug-likeness (QED) is 0.711. The first-order valence-electron chi connectivity index (χ1n) is 7.14. The van der Waals surface area contributed by atoms with Crippen molar-refractivity contribution >= 4 is 17.5 Å². The van der Waals surface area contributed by atoms with Crippen molar-refractivity contribution in [1.82, 2.24) is 15.3 Å². The molecule has 1 aromatic heterocycles. The monoisotopic (exact) mass is 279 g/mol. The van der Waals surface area contributed by atoms with Gasteiger partial charge >= 0.3 is 0 Å². The predicted molar refractivity (Wildman–Crippen MR) is 82.1 cm³/mol. The van der Waals surface area contributed by atoms with E-state index in [1.54, 1.807) is 0 Å². The topological polar surface area (TPSA) is 78.9 Å². The van der Waals surface area contributed by atoms with Crippen LogP contribution in [0.4, 0.5) is 11.6 Å². The molecule has 3 N–H and O–H groups in total. The summed E-state index contributed by atoms with van der Waals surface area (Å²) in [5, 5.41) is 9.20. The molecule has 1 atom stereocenters. The molecule has 112 valence electrons. The van der Waals surface area contributed by atoms with Gasteiger partial charge in [-0.25, -0.2) is 9.97 Å². The highest BCUT2D eigenvalue weighted by Crippen LogP contribution is 2.28. The highest BCUT2D eigenvalue weighted by atomic mass is 16.2. The number of hydrogen-bond donors (Lipinski definition) is 3. The average molecular weight is 279 g/mol. The SMILES string of the molecule is CCNC(=O)C(C)Nc1ncnc(NCC)c1C(C)C. The van der Waals surface area contributed by atoms with Crippen LogP contribution in [0.2, 0.25) is 0 Å². The molecule has 0 saturated carbocycles. The van der Waals surface area contributed by atoms with Crippen molar-refractivity contribution in [3.8, 4) is 0 Å². The summed E-state index contributed by atoms with van der Waals surface area (Å²) in [6, 6.07) is -0.336. The van der Waals surface area contributed by atoms with Crippen LogP contribution >= 0.6 is 0 Å². The lowest BCUT2D eigenvalue weighted by Gasteiger charge is -2.20. The minimum atomic E-state index is -0.336. The second-order valence-electron chi connectivity index (χ2n) is 4.93. The standard InChI is InChI=1S/C14H25N5O/c1-6-15-12-11(9(3)4)13(18-8-17-12)19-10(5)14(20)16-7-2/h8-10H,6-7H2,1-5H3,(H,16,20)(H2,15,17,18,19). The second kappa shape index (κ2) is 7.67. The molecule has 1 aromatic rings. The van der Waals surface area contributed by atoms with Gasteiger partial charge in [-0.3, -0.25) is 4.79 Å². The Morgan fingerprint density at radius 2 is 1.80 bits per heavy atom. The molecule has 0 saturated heterocycles. The second-order valence-corrected chi connectivity index (χ2v) is 4.93. The van der Waals surface area contributed by atoms with Crippen LogP contribution in [0.25, 0.3) is 0 Å². The highest BCUT2D eigenvalue weighted by Gasteiger charge is 2.18. The van der Waals surface area contributed by atoms with Crippen molar-refractivity contribution in [2.75, 3.05) is 23.7 Å². The maximum absolute atomic E-state index is 11.8. The van der Waals surface area contributed by atoms with E-state index < -0.39 is 0 Å². The van der Waals surface area contributed by atoms with Crippen LogP contribution in [0.5, 0.6) is 0 Å². The van der Waals surface area contributed by atoms with Gasteiger partial charge in [-0.2, -0.15) is 0 Å². The fraction of sp³-hybridized carbons (Fsp3) is 0.643. The molecule has 0 aliphatic carbocycles. The van der Waals surface area contributed by atoms with Gasteiger partial charge in [0.25, 0.3) is 0 Å². The number of carbonyl (C=O) groups is 1. The van der Waals surface area contributed by atoms with Crippen LogP contribution in [-0.4, -0.2) is 35.0 Å². The molecular weight excluding hydrogens is 254 g/mol. The predicted octanol–water partition coefficient (Wildman–Crippen LogP) is 1.97. The van der Waals surface area contributed by atoms with Crippen molar-refractivity contribution in [1.29, 1.82) is 0 Å². The lowest BCUT2D eigenvalue weighted by atomic mass is 10.0. The Bertz CT molecular complexity index is 447. The van der Waals surface area contributed by atoms with E-state index in [0.717, 1.165) is 17.9 Å². The van der Waals surface area contributed by atoms with Gasteiger partial charge in [0.2, 0.25) is 5.91 Å². The Hall–Kier alpha value is -1.85. The Kier molecular flexibility index (Phi) is 6.21. The zero-order valence-electron chi connectivity index (χ0n) is 12.9. The van der Waals surface area contributed by atoms with Crippen LogP contribution in [0.1, 0.15) is 46.1 Å². The Morgan fingerprint density at radius 3 is 2.35 bits per heavy atom. The van der Waals surface area contributed by atoms with E-state index in [2.05, 4.69) is 39.8 Å². The minimum Gasteiger partial charge on any atom is -0.370 e. The summed E-state index contributed by atoms with van der Waals surface area (Å²) in [6.45, 7) is 11.3. The van der Waals surface area contributed by atoms with E-state index in [9.17, 15) is 4.79 Å². The zero-order chi connectivity index (χ0) is 15.1. The van der Waals surface area contributed by atoms with E-state index in [-0.39, 0.29) is 17.9 Å². The molecule has 0 fully saturated rings. The van der Waals surface area contributed by atoms with Gasteiger partial charge in [-0.15, -0.1) is 0 Å². The van der Waals surface area contributed by atoms with Gasteiger partial charge in [0, 0.05) is 18.7 Å². The number of likely N-dealkylation sites (N-methyl/N-ethyl adjacent to an activating group) is 1. The number of carbonyl (C=O) groups excluding carboxylic acids is 1. The Balaban J connectivity index is 2.99. The number of nitrogens with zero attached hydrogens (tertiary/aromatic N) is 2. The number of aromatic nitrogens is 2. The number of nitrogens with one attached hydrogen (secondary N) is 3. The van der Waals surface area contributed by atoms with Gasteiger partial charge < -0.3 is 16.0 Å². The van der Waals surface area contributed by atoms with Gasteiger partial charge in [-0.1, -0.05) is 13.8 Å². The summed E-state index contributed by atoms with van der Waals surface area (Å²) < 4.78 is 0. The third kappa shape index (κ3) is 4.08. The van der Waals surface area contributed by atoms with Crippen LogP contribution < -0.4 is 16.0 Å². The molecule has 0 radical (unpaired) electrons. The van der Waals surface area contributed by atoms with Crippen molar-refractivity contribution in [3.63, 3.8) is 0 Å². The maximum atomic E-state index is 11.8.